The van der Waals surface area contributed by atoms with Crippen molar-refractivity contribution in [1.29, 1.82) is 0 Å². The molecule has 0 aromatic heterocycles. The summed E-state index contributed by atoms with van der Waals surface area (Å²) in [5, 5.41) is 9.63. The van der Waals surface area contributed by atoms with E-state index < -0.39 is 0 Å². The molecule has 100 valence electrons. The number of aliphatic hydroxyl groups excluding tert-OH is 1. The molecule has 0 aliphatic rings. The van der Waals surface area contributed by atoms with Gasteiger partial charge in [0.25, 0.3) is 0 Å². The molecule has 2 aromatic rings. The average Bonchev–Trinajstić information content (AvgIpc) is 2.40. The molecule has 3 nitrogen and oxygen atoms in total. The number of nitrogens with two attached hydrogens (primary N) is 1. The van der Waals surface area contributed by atoms with Crippen molar-refractivity contribution in [3.63, 3.8) is 0 Å². The summed E-state index contributed by atoms with van der Waals surface area (Å²) in [5.41, 5.74) is 8.37. The molecule has 19 heavy (non-hydrogen) atoms. The van der Waals surface area contributed by atoms with Gasteiger partial charge in [-0.25, -0.2) is 0 Å². The molecule has 0 aliphatic heterocycles. The predicted molar refractivity (Wildman–Crippen MR) is 77.4 cm³/mol. The fourth-order valence-electron chi connectivity index (χ4n) is 1.82. The first kappa shape index (κ1) is 13.7. The van der Waals surface area contributed by atoms with E-state index in [0.717, 1.165) is 16.9 Å². The van der Waals surface area contributed by atoms with Crippen LogP contribution in [0.1, 0.15) is 11.1 Å². The van der Waals surface area contributed by atoms with E-state index in [4.69, 9.17) is 27.2 Å². The number of aliphatic hydroxyl groups is 1. The van der Waals surface area contributed by atoms with Crippen molar-refractivity contribution in [3.8, 4) is 5.75 Å². The lowest BCUT2D eigenvalue weighted by Crippen LogP contribution is -2.02. The Labute approximate surface area is 117 Å². The minimum Gasteiger partial charge on any atom is -0.489 e. The van der Waals surface area contributed by atoms with E-state index >= 15 is 0 Å². The van der Waals surface area contributed by atoms with Crippen molar-refractivity contribution in [1.82, 2.24) is 0 Å². The van der Waals surface area contributed by atoms with Crippen molar-refractivity contribution in [2.24, 2.45) is 0 Å². The number of halogens is 1. The van der Waals surface area contributed by atoms with E-state index in [1.165, 1.54) is 0 Å². The first-order valence-corrected chi connectivity index (χ1v) is 6.44. The number of hydrogen-bond acceptors (Lipinski definition) is 3. The summed E-state index contributed by atoms with van der Waals surface area (Å²) < 4.78 is 5.76. The Hall–Kier alpha value is -1.71. The van der Waals surface area contributed by atoms with Crippen molar-refractivity contribution >= 4 is 17.3 Å². The summed E-state index contributed by atoms with van der Waals surface area (Å²) in [6, 6.07) is 13.0. The van der Waals surface area contributed by atoms with Gasteiger partial charge in [0.2, 0.25) is 0 Å². The lowest BCUT2D eigenvalue weighted by molar-refractivity contribution is 0.284. The standard InChI is InChI=1S/C15H16ClNO2/c16-13-6-5-12(14(17)9-13)10-19-15-4-2-1-3-11(15)7-8-18/h1-6,9,18H,7-8,10,17H2. The SMILES string of the molecule is Nc1cc(Cl)ccc1COc1ccccc1CCO. The van der Waals surface area contributed by atoms with Crippen LogP contribution >= 0.6 is 11.6 Å². The van der Waals surface area contributed by atoms with E-state index in [2.05, 4.69) is 0 Å². The highest BCUT2D eigenvalue weighted by molar-refractivity contribution is 6.30. The average molecular weight is 278 g/mol. The zero-order valence-electron chi connectivity index (χ0n) is 10.5. The van der Waals surface area contributed by atoms with Gasteiger partial charge in [0.05, 0.1) is 0 Å². The topological polar surface area (TPSA) is 55.5 Å². The van der Waals surface area contributed by atoms with Gasteiger partial charge in [-0.3, -0.25) is 0 Å². The fraction of sp³-hybridized carbons (Fsp3) is 0.200. The molecule has 0 heterocycles. The minimum absolute atomic E-state index is 0.101. The Morgan fingerprint density at radius 3 is 2.63 bits per heavy atom. The van der Waals surface area contributed by atoms with E-state index in [-0.39, 0.29) is 6.61 Å². The molecule has 0 fully saturated rings. The summed E-state index contributed by atoms with van der Waals surface area (Å²) in [4.78, 5) is 0. The van der Waals surface area contributed by atoms with Gasteiger partial charge in [0.15, 0.2) is 0 Å². The van der Waals surface area contributed by atoms with Crippen LogP contribution in [0, 0.1) is 0 Å². The van der Waals surface area contributed by atoms with Crippen LogP contribution < -0.4 is 10.5 Å². The maximum atomic E-state index is 9.01. The van der Waals surface area contributed by atoms with Gasteiger partial charge >= 0.3 is 0 Å². The molecule has 0 saturated carbocycles. The Morgan fingerprint density at radius 1 is 1.11 bits per heavy atom. The van der Waals surface area contributed by atoms with Gasteiger partial charge in [-0.05, 0) is 30.2 Å². The number of para-hydroxylation sites is 1. The highest BCUT2D eigenvalue weighted by atomic mass is 35.5. The predicted octanol–water partition coefficient (Wildman–Crippen LogP) is 3.04. The first-order valence-electron chi connectivity index (χ1n) is 6.06. The fourth-order valence-corrected chi connectivity index (χ4v) is 2.00. The normalized spacial score (nSPS) is 10.4. The molecule has 0 spiro atoms. The molecule has 2 aromatic carbocycles. The number of anilines is 1. The monoisotopic (exact) mass is 277 g/mol. The summed E-state index contributed by atoms with van der Waals surface area (Å²) in [6.07, 6.45) is 0.576. The number of benzene rings is 2. The lowest BCUT2D eigenvalue weighted by Gasteiger charge is -2.12. The molecular weight excluding hydrogens is 262 g/mol. The van der Waals surface area contributed by atoms with Gasteiger partial charge in [-0.1, -0.05) is 35.9 Å². The number of rotatable bonds is 5. The lowest BCUT2D eigenvalue weighted by atomic mass is 10.1. The van der Waals surface area contributed by atoms with Gasteiger partial charge in [0, 0.05) is 22.9 Å². The molecule has 0 saturated heterocycles. The second-order valence-corrected chi connectivity index (χ2v) is 4.65. The molecule has 0 atom stereocenters. The molecule has 2 rings (SSSR count). The summed E-state index contributed by atoms with van der Waals surface area (Å²) >= 11 is 5.85. The number of nitrogen functional groups attached to an aromatic ring is 1. The second-order valence-electron chi connectivity index (χ2n) is 4.21. The molecule has 0 radical (unpaired) electrons. The van der Waals surface area contributed by atoms with E-state index in [0.29, 0.717) is 23.7 Å². The number of ether oxygens (including phenoxy) is 1. The van der Waals surface area contributed by atoms with Crippen molar-refractivity contribution < 1.29 is 9.84 Å². The number of hydrogen-bond donors (Lipinski definition) is 2. The van der Waals surface area contributed by atoms with E-state index in [1.807, 2.05) is 30.3 Å². The van der Waals surface area contributed by atoms with Crippen LogP contribution in [0.3, 0.4) is 0 Å². The summed E-state index contributed by atoms with van der Waals surface area (Å²) in [5.74, 6) is 0.769. The zero-order valence-corrected chi connectivity index (χ0v) is 11.2. The first-order chi connectivity index (χ1) is 9.20. The largest absolute Gasteiger partial charge is 0.489 e. The maximum Gasteiger partial charge on any atom is 0.123 e. The quantitative estimate of drug-likeness (QED) is 0.826. The van der Waals surface area contributed by atoms with E-state index in [1.54, 1.807) is 12.1 Å². The second kappa shape index (κ2) is 6.45. The zero-order chi connectivity index (χ0) is 13.7. The molecule has 0 unspecified atom stereocenters. The Balaban J connectivity index is 2.10. The molecule has 0 bridgehead atoms. The smallest absolute Gasteiger partial charge is 0.123 e. The third-order valence-corrected chi connectivity index (χ3v) is 3.08. The summed E-state index contributed by atoms with van der Waals surface area (Å²) in [6.45, 7) is 0.481. The molecule has 0 aliphatic carbocycles. The molecule has 3 N–H and O–H groups in total. The maximum absolute atomic E-state index is 9.01. The van der Waals surface area contributed by atoms with Gasteiger partial charge in [0.1, 0.15) is 12.4 Å². The van der Waals surface area contributed by atoms with Gasteiger partial charge < -0.3 is 15.6 Å². The van der Waals surface area contributed by atoms with Crippen LogP contribution in [0.5, 0.6) is 5.75 Å². The van der Waals surface area contributed by atoms with Crippen LogP contribution in [-0.2, 0) is 13.0 Å². The van der Waals surface area contributed by atoms with Crippen LogP contribution in [0.25, 0.3) is 0 Å². The van der Waals surface area contributed by atoms with Crippen molar-refractivity contribution in [2.45, 2.75) is 13.0 Å². The molecule has 4 heteroatoms. The highest BCUT2D eigenvalue weighted by Crippen LogP contribution is 2.23. The molecular formula is C15H16ClNO2. The van der Waals surface area contributed by atoms with Crippen LogP contribution in [0.15, 0.2) is 42.5 Å². The van der Waals surface area contributed by atoms with Gasteiger partial charge in [-0.2, -0.15) is 0 Å². The Morgan fingerprint density at radius 2 is 1.89 bits per heavy atom. The van der Waals surface area contributed by atoms with Crippen molar-refractivity contribution in [2.75, 3.05) is 12.3 Å². The Bertz CT molecular complexity index is 558. The Kier molecular flexibility index (Phi) is 4.66. The third kappa shape index (κ3) is 3.63. The van der Waals surface area contributed by atoms with E-state index in [9.17, 15) is 0 Å². The van der Waals surface area contributed by atoms with Crippen LogP contribution in [-0.4, -0.2) is 11.7 Å². The van der Waals surface area contributed by atoms with Gasteiger partial charge in [-0.15, -0.1) is 0 Å². The molecule has 0 amide bonds. The van der Waals surface area contributed by atoms with Crippen molar-refractivity contribution in [3.05, 3.63) is 58.6 Å². The summed E-state index contributed by atoms with van der Waals surface area (Å²) in [7, 11) is 0. The third-order valence-electron chi connectivity index (χ3n) is 2.84. The highest BCUT2D eigenvalue weighted by Gasteiger charge is 2.05. The van der Waals surface area contributed by atoms with Crippen LogP contribution in [0.4, 0.5) is 5.69 Å². The van der Waals surface area contributed by atoms with Crippen LogP contribution in [0.2, 0.25) is 5.02 Å². The minimum atomic E-state index is 0.101.